The van der Waals surface area contributed by atoms with Gasteiger partial charge in [-0.1, -0.05) is 0 Å². The van der Waals surface area contributed by atoms with Crippen LogP contribution in [0.5, 0.6) is 0 Å². The molecule has 0 spiro atoms. The van der Waals surface area contributed by atoms with E-state index in [1.807, 2.05) is 34.4 Å². The third-order valence-electron chi connectivity index (χ3n) is 2.95. The summed E-state index contributed by atoms with van der Waals surface area (Å²) in [7, 11) is 0. The van der Waals surface area contributed by atoms with E-state index in [1.165, 1.54) is 0 Å². The molecule has 3 aromatic heterocycles. The lowest BCUT2D eigenvalue weighted by Gasteiger charge is -2.03. The lowest BCUT2D eigenvalue weighted by molar-refractivity contribution is 0.941. The summed E-state index contributed by atoms with van der Waals surface area (Å²) in [5.41, 5.74) is 3.12. The summed E-state index contributed by atoms with van der Waals surface area (Å²) in [6, 6.07) is 0. The molecule has 0 fully saturated rings. The van der Waals surface area contributed by atoms with Gasteiger partial charge in [0, 0.05) is 17.3 Å². The van der Waals surface area contributed by atoms with Crippen molar-refractivity contribution in [2.75, 3.05) is 0 Å². The van der Waals surface area contributed by atoms with E-state index in [1.54, 1.807) is 17.7 Å². The number of aromatic nitrogens is 4. The van der Waals surface area contributed by atoms with E-state index in [9.17, 15) is 0 Å². The van der Waals surface area contributed by atoms with Crippen molar-refractivity contribution in [1.29, 1.82) is 0 Å². The molecule has 0 aliphatic heterocycles. The van der Waals surface area contributed by atoms with Gasteiger partial charge in [-0.15, -0.1) is 22.9 Å². The van der Waals surface area contributed by atoms with Crippen molar-refractivity contribution in [2.24, 2.45) is 0 Å². The lowest BCUT2D eigenvalue weighted by atomic mass is 10.3. The van der Waals surface area contributed by atoms with Crippen molar-refractivity contribution in [2.45, 2.75) is 19.7 Å². The smallest absolute Gasteiger partial charge is 0.195 e. The average Bonchev–Trinajstić information content (AvgIpc) is 2.95. The maximum absolute atomic E-state index is 6.03. The molecule has 0 amide bonds. The molecule has 0 saturated carbocycles. The van der Waals surface area contributed by atoms with Crippen LogP contribution in [-0.2, 0) is 5.88 Å². The van der Waals surface area contributed by atoms with Crippen LogP contribution in [0.3, 0.4) is 0 Å². The van der Waals surface area contributed by atoms with Crippen molar-refractivity contribution in [3.8, 4) is 5.82 Å². The maximum atomic E-state index is 6.03. The first-order valence-electron chi connectivity index (χ1n) is 5.23. The molecule has 3 rings (SSSR count). The molecule has 88 valence electrons. The number of aryl methyl sites for hydroxylation is 1. The van der Waals surface area contributed by atoms with E-state index in [2.05, 4.69) is 9.97 Å². The highest BCUT2D eigenvalue weighted by Gasteiger charge is 2.15. The predicted molar refractivity (Wildman–Crippen MR) is 69.2 cm³/mol. The van der Waals surface area contributed by atoms with Crippen LogP contribution in [0.25, 0.3) is 10.8 Å². The number of fused-ring (bicyclic) bond motifs is 1. The van der Waals surface area contributed by atoms with E-state index in [0.29, 0.717) is 5.88 Å². The molecular weight excluding hydrogens is 256 g/mol. The molecule has 0 saturated heterocycles. The van der Waals surface area contributed by atoms with Gasteiger partial charge in [0.1, 0.15) is 6.33 Å². The van der Waals surface area contributed by atoms with Crippen LogP contribution in [0.4, 0.5) is 0 Å². The van der Waals surface area contributed by atoms with Crippen LogP contribution < -0.4 is 0 Å². The third-order valence-corrected chi connectivity index (χ3v) is 3.96. The molecule has 0 bridgehead atoms. The number of thiazole rings is 1. The van der Waals surface area contributed by atoms with Crippen LogP contribution >= 0.6 is 22.9 Å². The highest BCUT2D eigenvalue weighted by Crippen LogP contribution is 2.23. The van der Waals surface area contributed by atoms with Gasteiger partial charge < -0.3 is 0 Å². The monoisotopic (exact) mass is 266 g/mol. The Kier molecular flexibility index (Phi) is 2.45. The Morgan fingerprint density at radius 1 is 1.41 bits per heavy atom. The predicted octanol–water partition coefficient (Wildman–Crippen LogP) is 2.94. The highest BCUT2D eigenvalue weighted by atomic mass is 35.5. The molecule has 0 radical (unpaired) electrons. The van der Waals surface area contributed by atoms with Crippen LogP contribution in [0.1, 0.15) is 17.1 Å². The van der Waals surface area contributed by atoms with Gasteiger partial charge in [-0.3, -0.25) is 8.97 Å². The number of alkyl halides is 1. The Bertz CT molecular complexity index is 679. The number of halogens is 1. The van der Waals surface area contributed by atoms with Gasteiger partial charge in [-0.05, 0) is 13.8 Å². The molecule has 0 aromatic carbocycles. The van der Waals surface area contributed by atoms with Gasteiger partial charge in [-0.2, -0.15) is 0 Å². The van der Waals surface area contributed by atoms with Crippen molar-refractivity contribution >= 4 is 27.9 Å². The molecule has 0 unspecified atom stereocenters. The Balaban J connectivity index is 2.29. The fraction of sp³-hybridized carbons (Fsp3) is 0.273. The number of nitrogens with zero attached hydrogens (tertiary/aromatic N) is 4. The van der Waals surface area contributed by atoms with E-state index < -0.39 is 0 Å². The van der Waals surface area contributed by atoms with E-state index in [-0.39, 0.29) is 0 Å². The molecule has 6 heteroatoms. The standard InChI is InChI=1S/C11H11ClN4S/c1-7-8(2)16(6-13-7)10-9(5-12)15-3-4-17-11(15)14-10/h3-4,6H,5H2,1-2H3. The van der Waals surface area contributed by atoms with Gasteiger partial charge in [0.2, 0.25) is 0 Å². The Hall–Kier alpha value is -1.33. The van der Waals surface area contributed by atoms with Crippen LogP contribution in [0.15, 0.2) is 17.9 Å². The fourth-order valence-corrected chi connectivity index (χ4v) is 2.83. The summed E-state index contributed by atoms with van der Waals surface area (Å²) >= 11 is 7.63. The van der Waals surface area contributed by atoms with Gasteiger partial charge in [0.25, 0.3) is 0 Å². The molecule has 3 aromatic rings. The summed E-state index contributed by atoms with van der Waals surface area (Å²) < 4.78 is 4.02. The Morgan fingerprint density at radius 2 is 2.24 bits per heavy atom. The molecular formula is C11H11ClN4S. The summed E-state index contributed by atoms with van der Waals surface area (Å²) in [5.74, 6) is 1.31. The maximum Gasteiger partial charge on any atom is 0.195 e. The SMILES string of the molecule is Cc1ncn(-c2nc3sccn3c2CCl)c1C. The molecule has 0 aliphatic rings. The van der Waals surface area contributed by atoms with Crippen molar-refractivity contribution in [3.05, 3.63) is 35.0 Å². The minimum absolute atomic E-state index is 0.434. The first-order chi connectivity index (χ1) is 8.22. The second-order valence-corrected chi connectivity index (χ2v) is 5.00. The molecule has 0 atom stereocenters. The van der Waals surface area contributed by atoms with E-state index in [4.69, 9.17) is 11.6 Å². The summed E-state index contributed by atoms with van der Waals surface area (Å²) in [5, 5.41) is 2.01. The number of hydrogen-bond acceptors (Lipinski definition) is 3. The average molecular weight is 267 g/mol. The van der Waals surface area contributed by atoms with E-state index in [0.717, 1.165) is 27.9 Å². The van der Waals surface area contributed by atoms with Crippen molar-refractivity contribution in [3.63, 3.8) is 0 Å². The van der Waals surface area contributed by atoms with Gasteiger partial charge in [0.05, 0.1) is 17.3 Å². The highest BCUT2D eigenvalue weighted by molar-refractivity contribution is 7.15. The summed E-state index contributed by atoms with van der Waals surface area (Å²) in [4.78, 5) is 9.86. The van der Waals surface area contributed by atoms with Crippen molar-refractivity contribution < 1.29 is 0 Å². The number of imidazole rings is 2. The molecule has 3 heterocycles. The largest absolute Gasteiger partial charge is 0.291 e. The van der Waals surface area contributed by atoms with Crippen LogP contribution in [-0.4, -0.2) is 18.9 Å². The topological polar surface area (TPSA) is 35.1 Å². The first-order valence-corrected chi connectivity index (χ1v) is 6.65. The summed E-state index contributed by atoms with van der Waals surface area (Å²) in [6.07, 6.45) is 3.79. The number of hydrogen-bond donors (Lipinski definition) is 0. The first kappa shape index (κ1) is 10.8. The second kappa shape index (κ2) is 3.85. The number of rotatable bonds is 2. The molecule has 4 nitrogen and oxygen atoms in total. The molecule has 17 heavy (non-hydrogen) atoms. The van der Waals surface area contributed by atoms with Crippen LogP contribution in [0.2, 0.25) is 0 Å². The minimum Gasteiger partial charge on any atom is -0.291 e. The van der Waals surface area contributed by atoms with Gasteiger partial charge in [-0.25, -0.2) is 9.97 Å². The Labute approximate surface area is 108 Å². The lowest BCUT2D eigenvalue weighted by Crippen LogP contribution is -2.00. The van der Waals surface area contributed by atoms with E-state index >= 15 is 0 Å². The molecule has 0 N–H and O–H groups in total. The summed E-state index contributed by atoms with van der Waals surface area (Å²) in [6.45, 7) is 4.03. The van der Waals surface area contributed by atoms with Crippen LogP contribution in [0, 0.1) is 13.8 Å². The quantitative estimate of drug-likeness (QED) is 0.669. The minimum atomic E-state index is 0.434. The Morgan fingerprint density at radius 3 is 2.88 bits per heavy atom. The fourth-order valence-electron chi connectivity index (χ4n) is 1.85. The molecule has 0 aliphatic carbocycles. The zero-order valence-electron chi connectivity index (χ0n) is 9.51. The second-order valence-electron chi connectivity index (χ2n) is 3.86. The third kappa shape index (κ3) is 1.50. The van der Waals surface area contributed by atoms with Gasteiger partial charge in [0.15, 0.2) is 10.8 Å². The zero-order chi connectivity index (χ0) is 12.0. The van der Waals surface area contributed by atoms with Gasteiger partial charge >= 0.3 is 0 Å². The zero-order valence-corrected chi connectivity index (χ0v) is 11.1. The normalized spacial score (nSPS) is 11.5. The van der Waals surface area contributed by atoms with Crippen molar-refractivity contribution in [1.82, 2.24) is 18.9 Å².